The van der Waals surface area contributed by atoms with E-state index in [-0.39, 0.29) is 18.1 Å². The van der Waals surface area contributed by atoms with Gasteiger partial charge in [0.1, 0.15) is 0 Å². The second-order valence-electron chi connectivity index (χ2n) is 5.36. The molecule has 0 saturated heterocycles. The number of rotatable bonds is 6. The van der Waals surface area contributed by atoms with Crippen molar-refractivity contribution >= 4 is 23.2 Å². The second-order valence-corrected chi connectivity index (χ2v) is 5.77. The summed E-state index contributed by atoms with van der Waals surface area (Å²) in [5.74, 6) is -0.216. The van der Waals surface area contributed by atoms with Crippen molar-refractivity contribution in [3.8, 4) is 0 Å². The number of halogens is 1. The van der Waals surface area contributed by atoms with Gasteiger partial charge < -0.3 is 10.6 Å². The lowest BCUT2D eigenvalue weighted by Crippen LogP contribution is -2.51. The van der Waals surface area contributed by atoms with Crippen LogP contribution in [0.4, 0.5) is 5.69 Å². The molecule has 0 bridgehead atoms. The fourth-order valence-corrected chi connectivity index (χ4v) is 2.36. The van der Waals surface area contributed by atoms with Crippen LogP contribution in [0.2, 0.25) is 5.02 Å². The zero-order valence-corrected chi connectivity index (χ0v) is 13.2. The van der Waals surface area contributed by atoms with E-state index in [0.29, 0.717) is 17.0 Å². The Morgan fingerprint density at radius 3 is 2.67 bits per heavy atom. The molecule has 6 nitrogen and oxygen atoms in total. The summed E-state index contributed by atoms with van der Waals surface area (Å²) in [6.45, 7) is 3.82. The Morgan fingerprint density at radius 1 is 1.52 bits per heavy atom. The monoisotopic (exact) mass is 313 g/mol. The lowest BCUT2D eigenvalue weighted by molar-refractivity contribution is -0.384. The highest BCUT2D eigenvalue weighted by Gasteiger charge is 2.30. The molecule has 21 heavy (non-hydrogen) atoms. The first-order chi connectivity index (χ1) is 9.69. The number of nitro benzene ring substituents is 1. The standard InChI is InChI=1S/C14H20ClN3O3/c1-4-7-14(2,16)13(19)17(3)9-10-8-11(18(20)21)5-6-12(10)15/h5-6,8H,4,7,9,16H2,1-3H3. The number of hydrogen-bond donors (Lipinski definition) is 1. The molecule has 0 fully saturated rings. The highest BCUT2D eigenvalue weighted by molar-refractivity contribution is 6.31. The van der Waals surface area contributed by atoms with E-state index in [4.69, 9.17) is 17.3 Å². The van der Waals surface area contributed by atoms with Gasteiger partial charge in [-0.1, -0.05) is 24.9 Å². The third-order valence-electron chi connectivity index (χ3n) is 3.25. The number of likely N-dealkylation sites (N-methyl/N-ethyl adjacent to an activating group) is 1. The van der Waals surface area contributed by atoms with Gasteiger partial charge in [-0.3, -0.25) is 14.9 Å². The zero-order valence-electron chi connectivity index (χ0n) is 12.4. The van der Waals surface area contributed by atoms with Crippen LogP contribution >= 0.6 is 11.6 Å². The van der Waals surface area contributed by atoms with E-state index in [1.165, 1.54) is 23.1 Å². The van der Waals surface area contributed by atoms with Crippen LogP contribution in [0, 0.1) is 10.1 Å². The minimum atomic E-state index is -0.948. The first-order valence-electron chi connectivity index (χ1n) is 6.66. The molecule has 0 radical (unpaired) electrons. The third-order valence-corrected chi connectivity index (χ3v) is 3.62. The minimum Gasteiger partial charge on any atom is -0.340 e. The number of benzene rings is 1. The summed E-state index contributed by atoms with van der Waals surface area (Å²) in [6.07, 6.45) is 1.36. The van der Waals surface area contributed by atoms with Crippen molar-refractivity contribution in [2.45, 2.75) is 38.8 Å². The maximum absolute atomic E-state index is 12.3. The number of nitrogens with zero attached hydrogens (tertiary/aromatic N) is 2. The van der Waals surface area contributed by atoms with Crippen LogP contribution in [0.1, 0.15) is 32.3 Å². The molecule has 0 aliphatic heterocycles. The van der Waals surface area contributed by atoms with Crippen LogP contribution < -0.4 is 5.73 Å². The summed E-state index contributed by atoms with van der Waals surface area (Å²) in [5.41, 5.74) is 5.53. The first kappa shape index (κ1) is 17.4. The lowest BCUT2D eigenvalue weighted by atomic mass is 9.95. The molecule has 0 saturated carbocycles. The molecule has 1 aromatic carbocycles. The molecule has 0 aliphatic carbocycles. The smallest absolute Gasteiger partial charge is 0.269 e. The molecule has 0 spiro atoms. The lowest BCUT2D eigenvalue weighted by Gasteiger charge is -2.29. The molecule has 7 heteroatoms. The Hall–Kier alpha value is -1.66. The highest BCUT2D eigenvalue weighted by atomic mass is 35.5. The van der Waals surface area contributed by atoms with Crippen molar-refractivity contribution in [1.82, 2.24) is 4.90 Å². The van der Waals surface area contributed by atoms with Gasteiger partial charge in [-0.25, -0.2) is 0 Å². The SMILES string of the molecule is CCCC(C)(N)C(=O)N(C)Cc1cc([N+](=O)[O-])ccc1Cl. The van der Waals surface area contributed by atoms with E-state index in [1.807, 2.05) is 6.92 Å². The number of carbonyl (C=O) groups is 1. The van der Waals surface area contributed by atoms with E-state index >= 15 is 0 Å². The molecule has 2 N–H and O–H groups in total. The van der Waals surface area contributed by atoms with Gasteiger partial charge in [0.25, 0.3) is 5.69 Å². The second kappa shape index (κ2) is 6.87. The van der Waals surface area contributed by atoms with E-state index in [1.54, 1.807) is 14.0 Å². The van der Waals surface area contributed by atoms with Crippen LogP contribution in [-0.4, -0.2) is 28.3 Å². The van der Waals surface area contributed by atoms with Gasteiger partial charge >= 0.3 is 0 Å². The molecular weight excluding hydrogens is 294 g/mol. The normalized spacial score (nSPS) is 13.6. The minimum absolute atomic E-state index is 0.0562. The molecule has 1 aromatic rings. The average molecular weight is 314 g/mol. The van der Waals surface area contributed by atoms with Gasteiger partial charge in [-0.15, -0.1) is 0 Å². The summed E-state index contributed by atoms with van der Waals surface area (Å²) in [6, 6.07) is 4.17. The van der Waals surface area contributed by atoms with Gasteiger partial charge in [0, 0.05) is 30.7 Å². The van der Waals surface area contributed by atoms with Crippen molar-refractivity contribution in [3.63, 3.8) is 0 Å². The van der Waals surface area contributed by atoms with Crippen molar-refractivity contribution in [3.05, 3.63) is 38.9 Å². The fourth-order valence-electron chi connectivity index (χ4n) is 2.19. The summed E-state index contributed by atoms with van der Waals surface area (Å²) in [4.78, 5) is 24.1. The number of amides is 1. The first-order valence-corrected chi connectivity index (χ1v) is 7.04. The Morgan fingerprint density at radius 2 is 2.14 bits per heavy atom. The Kier molecular flexibility index (Phi) is 5.69. The molecule has 1 atom stereocenters. The molecule has 1 amide bonds. The summed E-state index contributed by atoms with van der Waals surface area (Å²) >= 11 is 6.03. The maximum atomic E-state index is 12.3. The van der Waals surface area contributed by atoms with Crippen LogP contribution in [0.5, 0.6) is 0 Å². The zero-order chi connectivity index (χ0) is 16.2. The summed E-state index contributed by atoms with van der Waals surface area (Å²) in [7, 11) is 1.61. The van der Waals surface area contributed by atoms with Crippen molar-refractivity contribution in [2.24, 2.45) is 5.73 Å². The van der Waals surface area contributed by atoms with Crippen LogP contribution in [0.15, 0.2) is 18.2 Å². The molecule has 1 unspecified atom stereocenters. The quantitative estimate of drug-likeness (QED) is 0.646. The van der Waals surface area contributed by atoms with E-state index in [2.05, 4.69) is 0 Å². The molecule has 116 valence electrons. The average Bonchev–Trinajstić information content (AvgIpc) is 2.39. The fraction of sp³-hybridized carbons (Fsp3) is 0.500. The van der Waals surface area contributed by atoms with Crippen LogP contribution in [0.25, 0.3) is 0 Å². The molecule has 0 aliphatic rings. The van der Waals surface area contributed by atoms with Gasteiger partial charge in [-0.2, -0.15) is 0 Å². The molecular formula is C14H20ClN3O3. The number of carbonyl (C=O) groups excluding carboxylic acids is 1. The van der Waals surface area contributed by atoms with E-state index in [9.17, 15) is 14.9 Å². The molecule has 1 rings (SSSR count). The Labute approximate surface area is 129 Å². The van der Waals surface area contributed by atoms with Gasteiger partial charge in [0.2, 0.25) is 5.91 Å². The molecule has 0 heterocycles. The number of nitrogens with two attached hydrogens (primary N) is 1. The van der Waals surface area contributed by atoms with Crippen molar-refractivity contribution in [1.29, 1.82) is 0 Å². The maximum Gasteiger partial charge on any atom is 0.269 e. The van der Waals surface area contributed by atoms with Crippen LogP contribution in [-0.2, 0) is 11.3 Å². The summed E-state index contributed by atoms with van der Waals surface area (Å²) in [5, 5.41) is 11.2. The highest BCUT2D eigenvalue weighted by Crippen LogP contribution is 2.24. The predicted octanol–water partition coefficient (Wildman–Crippen LogP) is 2.72. The topological polar surface area (TPSA) is 89.5 Å². The summed E-state index contributed by atoms with van der Waals surface area (Å²) < 4.78 is 0. The van der Waals surface area contributed by atoms with E-state index < -0.39 is 10.5 Å². The largest absolute Gasteiger partial charge is 0.340 e. The Bertz CT molecular complexity index is 546. The number of nitro groups is 1. The number of non-ortho nitro benzene ring substituents is 1. The van der Waals surface area contributed by atoms with Gasteiger partial charge in [-0.05, 0) is 25.0 Å². The van der Waals surface area contributed by atoms with Gasteiger partial charge in [0.15, 0.2) is 0 Å². The number of hydrogen-bond acceptors (Lipinski definition) is 4. The van der Waals surface area contributed by atoms with E-state index in [0.717, 1.165) is 6.42 Å². The third kappa shape index (κ3) is 4.41. The Balaban J connectivity index is 2.93. The molecule has 0 aromatic heterocycles. The van der Waals surface area contributed by atoms with Crippen molar-refractivity contribution in [2.75, 3.05) is 7.05 Å². The van der Waals surface area contributed by atoms with Gasteiger partial charge in [0.05, 0.1) is 10.5 Å². The predicted molar refractivity (Wildman–Crippen MR) is 82.1 cm³/mol. The van der Waals surface area contributed by atoms with Crippen LogP contribution in [0.3, 0.4) is 0 Å². The van der Waals surface area contributed by atoms with Crippen molar-refractivity contribution < 1.29 is 9.72 Å².